The Kier molecular flexibility index (Phi) is 3.54. The Morgan fingerprint density at radius 1 is 1.35 bits per heavy atom. The predicted octanol–water partition coefficient (Wildman–Crippen LogP) is 2.74. The number of hydrogen-bond acceptors (Lipinski definition) is 5. The number of aromatic amines is 2. The highest BCUT2D eigenvalue weighted by molar-refractivity contribution is 7.22. The maximum absolute atomic E-state index is 12.4. The van der Waals surface area contributed by atoms with Gasteiger partial charge < -0.3 is 10.3 Å². The molecule has 4 heterocycles. The first-order valence-electron chi connectivity index (χ1n) is 7.89. The lowest BCUT2D eigenvalue weighted by Gasteiger charge is -2.26. The summed E-state index contributed by atoms with van der Waals surface area (Å²) in [6.45, 7) is 5.18. The number of nitrogens with zero attached hydrogens (tertiary/aromatic N) is 2. The molecule has 6 nitrogen and oxygen atoms in total. The molecule has 0 amide bonds. The number of aryl methyl sites for hydroxylation is 1. The van der Waals surface area contributed by atoms with E-state index < -0.39 is 0 Å². The molecule has 0 bridgehead atoms. The fourth-order valence-corrected chi connectivity index (χ4v) is 4.15. The quantitative estimate of drug-likeness (QED) is 0.675. The molecule has 1 aliphatic heterocycles. The zero-order valence-electron chi connectivity index (χ0n) is 13.1. The summed E-state index contributed by atoms with van der Waals surface area (Å²) in [6, 6.07) is 2.13. The van der Waals surface area contributed by atoms with Crippen LogP contribution in [0, 0.1) is 12.8 Å². The molecule has 2 atom stereocenters. The number of H-pyrrole nitrogens is 2. The van der Waals surface area contributed by atoms with Crippen LogP contribution >= 0.6 is 11.3 Å². The zero-order chi connectivity index (χ0) is 16.0. The van der Waals surface area contributed by atoms with Crippen molar-refractivity contribution in [1.29, 1.82) is 0 Å². The molecular weight excluding hydrogens is 310 g/mol. The summed E-state index contributed by atoms with van der Waals surface area (Å²) in [5.74, 6) is 1.43. The van der Waals surface area contributed by atoms with Crippen LogP contribution in [0.25, 0.3) is 20.7 Å². The van der Waals surface area contributed by atoms with Crippen molar-refractivity contribution in [2.24, 2.45) is 5.92 Å². The number of fused-ring (bicyclic) bond motifs is 1. The van der Waals surface area contributed by atoms with Gasteiger partial charge in [0.25, 0.3) is 5.56 Å². The standard InChI is InChI=1S/C16H19N5OS/c1-8-3-4-11(17-6-8)15-19-12-5-13(10-7-18-21-9(10)2)23-14(12)16(22)20-15/h5,7-8,11,17H,3-4,6H2,1-2H3,(H,18,21)(H,19,20,22)/t8-,11-/m0/s1. The second-order valence-electron chi connectivity index (χ2n) is 6.33. The fourth-order valence-electron chi connectivity index (χ4n) is 3.09. The van der Waals surface area contributed by atoms with Crippen molar-refractivity contribution in [3.63, 3.8) is 0 Å². The number of nitrogens with one attached hydrogen (secondary N) is 3. The van der Waals surface area contributed by atoms with E-state index in [0.717, 1.165) is 46.9 Å². The number of thiophene rings is 1. The molecule has 1 fully saturated rings. The molecule has 7 heteroatoms. The zero-order valence-corrected chi connectivity index (χ0v) is 14.0. The second kappa shape index (κ2) is 5.58. The first kappa shape index (κ1) is 14.6. The summed E-state index contributed by atoms with van der Waals surface area (Å²) in [6.07, 6.45) is 3.95. The average Bonchev–Trinajstić information content (AvgIpc) is 3.14. The van der Waals surface area contributed by atoms with Crippen LogP contribution in [0.1, 0.15) is 37.3 Å². The van der Waals surface area contributed by atoms with E-state index in [9.17, 15) is 4.79 Å². The minimum absolute atomic E-state index is 0.0529. The van der Waals surface area contributed by atoms with E-state index in [0.29, 0.717) is 10.6 Å². The van der Waals surface area contributed by atoms with Gasteiger partial charge in [-0.2, -0.15) is 5.10 Å². The van der Waals surface area contributed by atoms with Crippen molar-refractivity contribution in [3.8, 4) is 10.4 Å². The van der Waals surface area contributed by atoms with Crippen molar-refractivity contribution >= 4 is 21.6 Å². The van der Waals surface area contributed by atoms with Gasteiger partial charge in [-0.1, -0.05) is 6.92 Å². The lowest BCUT2D eigenvalue weighted by atomic mass is 9.96. The average molecular weight is 329 g/mol. The SMILES string of the molecule is Cc1[nH]ncc1-c1cc2nc([C@@H]3CC[C@H](C)CN3)[nH]c(=O)c2s1. The number of rotatable bonds is 2. The highest BCUT2D eigenvalue weighted by Gasteiger charge is 2.22. The molecule has 0 aromatic carbocycles. The molecule has 1 saturated heterocycles. The highest BCUT2D eigenvalue weighted by atomic mass is 32.1. The number of hydrogen-bond donors (Lipinski definition) is 3. The van der Waals surface area contributed by atoms with Crippen LogP contribution in [-0.2, 0) is 0 Å². The lowest BCUT2D eigenvalue weighted by molar-refractivity contribution is 0.324. The monoisotopic (exact) mass is 329 g/mol. The van der Waals surface area contributed by atoms with E-state index in [1.807, 2.05) is 13.0 Å². The van der Waals surface area contributed by atoms with Crippen LogP contribution in [0.3, 0.4) is 0 Å². The molecule has 0 unspecified atom stereocenters. The Labute approximate surface area is 137 Å². The molecule has 3 N–H and O–H groups in total. The Balaban J connectivity index is 1.76. The molecule has 3 aromatic rings. The summed E-state index contributed by atoms with van der Waals surface area (Å²) in [5.41, 5.74) is 2.74. The Morgan fingerprint density at radius 2 is 2.22 bits per heavy atom. The van der Waals surface area contributed by atoms with Crippen molar-refractivity contribution in [1.82, 2.24) is 25.5 Å². The minimum Gasteiger partial charge on any atom is -0.308 e. The minimum atomic E-state index is -0.0529. The molecule has 0 spiro atoms. The van der Waals surface area contributed by atoms with Crippen LogP contribution in [-0.4, -0.2) is 26.7 Å². The molecule has 1 aliphatic rings. The topological polar surface area (TPSA) is 86.5 Å². The van der Waals surface area contributed by atoms with Crippen LogP contribution in [0.2, 0.25) is 0 Å². The van der Waals surface area contributed by atoms with Gasteiger partial charge >= 0.3 is 0 Å². The van der Waals surface area contributed by atoms with Crippen molar-refractivity contribution in [2.45, 2.75) is 32.7 Å². The Hall–Kier alpha value is -1.99. The molecule has 0 aliphatic carbocycles. The van der Waals surface area contributed by atoms with E-state index in [2.05, 4.69) is 27.4 Å². The molecule has 23 heavy (non-hydrogen) atoms. The lowest BCUT2D eigenvalue weighted by Crippen LogP contribution is -2.33. The van der Waals surface area contributed by atoms with Crippen LogP contribution in [0.4, 0.5) is 0 Å². The summed E-state index contributed by atoms with van der Waals surface area (Å²) in [7, 11) is 0. The third-order valence-corrected chi connectivity index (χ3v) is 5.64. The van der Waals surface area contributed by atoms with E-state index in [1.54, 1.807) is 6.20 Å². The van der Waals surface area contributed by atoms with Gasteiger partial charge in [0.05, 0.1) is 17.8 Å². The van der Waals surface area contributed by atoms with Gasteiger partial charge in [0.2, 0.25) is 0 Å². The van der Waals surface area contributed by atoms with Gasteiger partial charge in [0.1, 0.15) is 10.5 Å². The maximum atomic E-state index is 12.4. The largest absolute Gasteiger partial charge is 0.308 e. The van der Waals surface area contributed by atoms with Crippen LogP contribution in [0.5, 0.6) is 0 Å². The normalized spacial score (nSPS) is 21.8. The van der Waals surface area contributed by atoms with Crippen LogP contribution in [0.15, 0.2) is 17.1 Å². The third kappa shape index (κ3) is 2.60. The second-order valence-corrected chi connectivity index (χ2v) is 7.38. The summed E-state index contributed by atoms with van der Waals surface area (Å²) in [4.78, 5) is 21.1. The molecule has 0 radical (unpaired) electrons. The summed E-state index contributed by atoms with van der Waals surface area (Å²) >= 11 is 1.46. The molecule has 0 saturated carbocycles. The van der Waals surface area contributed by atoms with Crippen molar-refractivity contribution < 1.29 is 0 Å². The molecular formula is C16H19N5OS. The first-order valence-corrected chi connectivity index (χ1v) is 8.71. The predicted molar refractivity (Wildman–Crippen MR) is 91.7 cm³/mol. The van der Waals surface area contributed by atoms with Crippen LogP contribution < -0.4 is 10.9 Å². The summed E-state index contributed by atoms with van der Waals surface area (Å²) < 4.78 is 0.675. The van der Waals surface area contributed by atoms with E-state index in [4.69, 9.17) is 4.98 Å². The van der Waals surface area contributed by atoms with E-state index in [1.165, 1.54) is 11.3 Å². The molecule has 3 aromatic heterocycles. The van der Waals surface area contributed by atoms with Gasteiger partial charge in [0.15, 0.2) is 0 Å². The van der Waals surface area contributed by atoms with Gasteiger partial charge in [0, 0.05) is 16.1 Å². The summed E-state index contributed by atoms with van der Waals surface area (Å²) in [5, 5.41) is 10.5. The smallest absolute Gasteiger partial charge is 0.268 e. The first-order chi connectivity index (χ1) is 11.1. The van der Waals surface area contributed by atoms with Gasteiger partial charge in [-0.25, -0.2) is 4.98 Å². The number of piperidine rings is 1. The van der Waals surface area contributed by atoms with Gasteiger partial charge in [-0.05, 0) is 38.3 Å². The van der Waals surface area contributed by atoms with E-state index in [-0.39, 0.29) is 11.6 Å². The highest BCUT2D eigenvalue weighted by Crippen LogP contribution is 2.32. The number of aromatic nitrogens is 4. The Morgan fingerprint density at radius 3 is 2.91 bits per heavy atom. The van der Waals surface area contributed by atoms with Gasteiger partial charge in [-0.15, -0.1) is 11.3 Å². The maximum Gasteiger partial charge on any atom is 0.268 e. The third-order valence-electron chi connectivity index (χ3n) is 4.49. The molecule has 120 valence electrons. The van der Waals surface area contributed by atoms with Crippen molar-refractivity contribution in [2.75, 3.05) is 6.54 Å². The molecule has 4 rings (SSSR count). The Bertz CT molecular complexity index is 901. The van der Waals surface area contributed by atoms with Crippen molar-refractivity contribution in [3.05, 3.63) is 34.1 Å². The van der Waals surface area contributed by atoms with E-state index >= 15 is 0 Å². The van der Waals surface area contributed by atoms with Gasteiger partial charge in [-0.3, -0.25) is 9.89 Å². The fraction of sp³-hybridized carbons (Fsp3) is 0.438.